The van der Waals surface area contributed by atoms with Gasteiger partial charge in [0.05, 0.1) is 6.54 Å². The number of carbonyl (C=O) groups is 2. The molecular formula is C15H21N3O3. The quantitative estimate of drug-likeness (QED) is 0.690. The average Bonchev–Trinajstić information content (AvgIpc) is 2.53. The summed E-state index contributed by atoms with van der Waals surface area (Å²) in [5, 5.41) is 9.16. The Morgan fingerprint density at radius 1 is 1.24 bits per heavy atom. The molecule has 1 fully saturated rings. The molecule has 0 bridgehead atoms. The maximum atomic E-state index is 11.8. The Bertz CT molecular complexity index is 478. The van der Waals surface area contributed by atoms with Gasteiger partial charge in [0.2, 0.25) is 0 Å². The molecule has 0 aliphatic carbocycles. The van der Waals surface area contributed by atoms with E-state index in [2.05, 4.69) is 10.9 Å². The first-order valence-electron chi connectivity index (χ1n) is 7.16. The summed E-state index contributed by atoms with van der Waals surface area (Å²) in [6.45, 7) is 1.95. The fourth-order valence-electron chi connectivity index (χ4n) is 2.47. The molecule has 1 saturated heterocycles. The van der Waals surface area contributed by atoms with Gasteiger partial charge >= 0.3 is 0 Å². The summed E-state index contributed by atoms with van der Waals surface area (Å²) in [6, 6.07) is 8.71. The fourth-order valence-corrected chi connectivity index (χ4v) is 2.47. The van der Waals surface area contributed by atoms with Crippen LogP contribution in [0.15, 0.2) is 30.3 Å². The van der Waals surface area contributed by atoms with Crippen molar-refractivity contribution in [3.05, 3.63) is 35.9 Å². The fraction of sp³-hybridized carbons (Fsp3) is 0.467. The molecule has 1 atom stereocenters. The smallest absolute Gasteiger partial charge is 0.269 e. The SMILES string of the molecule is O=C(CN1CCCC(CO)C1)NNC(=O)c1ccccc1. The van der Waals surface area contributed by atoms with E-state index in [9.17, 15) is 9.59 Å². The molecule has 6 heteroatoms. The maximum Gasteiger partial charge on any atom is 0.269 e. The minimum Gasteiger partial charge on any atom is -0.396 e. The van der Waals surface area contributed by atoms with Gasteiger partial charge < -0.3 is 5.11 Å². The number of nitrogens with one attached hydrogen (secondary N) is 2. The second-order valence-corrected chi connectivity index (χ2v) is 5.29. The minimum absolute atomic E-state index is 0.156. The van der Waals surface area contributed by atoms with Crippen LogP contribution in [0.4, 0.5) is 0 Å². The zero-order valence-corrected chi connectivity index (χ0v) is 11.9. The molecule has 0 saturated carbocycles. The van der Waals surface area contributed by atoms with Crippen molar-refractivity contribution in [1.29, 1.82) is 0 Å². The first kappa shape index (κ1) is 15.5. The third-order valence-corrected chi connectivity index (χ3v) is 3.58. The van der Waals surface area contributed by atoms with Crippen molar-refractivity contribution in [3.63, 3.8) is 0 Å². The number of amides is 2. The van der Waals surface area contributed by atoms with E-state index in [4.69, 9.17) is 5.11 Å². The van der Waals surface area contributed by atoms with Crippen molar-refractivity contribution in [2.24, 2.45) is 5.92 Å². The summed E-state index contributed by atoms with van der Waals surface area (Å²) in [6.07, 6.45) is 1.98. The number of aliphatic hydroxyl groups excluding tert-OH is 1. The lowest BCUT2D eigenvalue weighted by atomic mass is 9.99. The monoisotopic (exact) mass is 291 g/mol. The van der Waals surface area contributed by atoms with E-state index in [-0.39, 0.29) is 30.9 Å². The van der Waals surface area contributed by atoms with Crippen LogP contribution in [0.5, 0.6) is 0 Å². The van der Waals surface area contributed by atoms with Crippen LogP contribution in [0, 0.1) is 5.92 Å². The van der Waals surface area contributed by atoms with Crippen LogP contribution in [0.25, 0.3) is 0 Å². The van der Waals surface area contributed by atoms with Gasteiger partial charge in [0.25, 0.3) is 11.8 Å². The van der Waals surface area contributed by atoms with E-state index in [1.54, 1.807) is 24.3 Å². The van der Waals surface area contributed by atoms with Gasteiger partial charge in [-0.15, -0.1) is 0 Å². The number of piperidine rings is 1. The number of aliphatic hydroxyl groups is 1. The van der Waals surface area contributed by atoms with Crippen LogP contribution in [0.3, 0.4) is 0 Å². The summed E-state index contributed by atoms with van der Waals surface area (Å²) >= 11 is 0. The Morgan fingerprint density at radius 2 is 2.00 bits per heavy atom. The maximum absolute atomic E-state index is 11.8. The van der Waals surface area contributed by atoms with Crippen LogP contribution in [0.1, 0.15) is 23.2 Å². The number of rotatable bonds is 4. The molecule has 0 radical (unpaired) electrons. The van der Waals surface area contributed by atoms with E-state index in [0.29, 0.717) is 5.56 Å². The molecule has 1 aromatic carbocycles. The molecule has 1 aliphatic rings. The van der Waals surface area contributed by atoms with Crippen LogP contribution in [0.2, 0.25) is 0 Å². The molecule has 1 unspecified atom stereocenters. The van der Waals surface area contributed by atoms with Gasteiger partial charge in [0.15, 0.2) is 0 Å². The van der Waals surface area contributed by atoms with E-state index < -0.39 is 0 Å². The summed E-state index contributed by atoms with van der Waals surface area (Å²) < 4.78 is 0. The summed E-state index contributed by atoms with van der Waals surface area (Å²) in [5.41, 5.74) is 5.31. The zero-order valence-electron chi connectivity index (χ0n) is 11.9. The number of hydrazine groups is 1. The number of carbonyl (C=O) groups excluding carboxylic acids is 2. The van der Waals surface area contributed by atoms with Crippen molar-refractivity contribution in [2.75, 3.05) is 26.2 Å². The molecule has 0 spiro atoms. The van der Waals surface area contributed by atoms with Gasteiger partial charge in [0, 0.05) is 18.7 Å². The first-order chi connectivity index (χ1) is 10.2. The third kappa shape index (κ3) is 4.84. The molecule has 2 amide bonds. The number of nitrogens with zero attached hydrogens (tertiary/aromatic N) is 1. The predicted molar refractivity (Wildman–Crippen MR) is 78.3 cm³/mol. The number of hydrogen-bond acceptors (Lipinski definition) is 4. The highest BCUT2D eigenvalue weighted by Crippen LogP contribution is 2.14. The third-order valence-electron chi connectivity index (χ3n) is 3.58. The van der Waals surface area contributed by atoms with Crippen LogP contribution in [-0.4, -0.2) is 48.1 Å². The highest BCUT2D eigenvalue weighted by atomic mass is 16.3. The molecule has 1 aromatic rings. The van der Waals surface area contributed by atoms with Crippen molar-refractivity contribution in [2.45, 2.75) is 12.8 Å². The van der Waals surface area contributed by atoms with Crippen molar-refractivity contribution >= 4 is 11.8 Å². The van der Waals surface area contributed by atoms with Crippen molar-refractivity contribution < 1.29 is 14.7 Å². The number of likely N-dealkylation sites (tertiary alicyclic amines) is 1. The number of hydrogen-bond donors (Lipinski definition) is 3. The van der Waals surface area contributed by atoms with Gasteiger partial charge in [-0.2, -0.15) is 0 Å². The van der Waals surface area contributed by atoms with Crippen LogP contribution in [-0.2, 0) is 4.79 Å². The molecule has 114 valence electrons. The largest absolute Gasteiger partial charge is 0.396 e. The second-order valence-electron chi connectivity index (χ2n) is 5.29. The van der Waals surface area contributed by atoms with E-state index >= 15 is 0 Å². The van der Waals surface area contributed by atoms with E-state index in [1.165, 1.54) is 0 Å². The lowest BCUT2D eigenvalue weighted by molar-refractivity contribution is -0.123. The van der Waals surface area contributed by atoms with Crippen molar-refractivity contribution in [1.82, 2.24) is 15.8 Å². The lowest BCUT2D eigenvalue weighted by Crippen LogP contribution is -2.48. The minimum atomic E-state index is -0.337. The predicted octanol–water partition coefficient (Wildman–Crippen LogP) is 0.152. The van der Waals surface area contributed by atoms with Crippen LogP contribution < -0.4 is 10.9 Å². The highest BCUT2D eigenvalue weighted by Gasteiger charge is 2.21. The molecular weight excluding hydrogens is 270 g/mol. The molecule has 1 heterocycles. The second kappa shape index (κ2) is 7.75. The average molecular weight is 291 g/mol. The molecule has 0 aromatic heterocycles. The lowest BCUT2D eigenvalue weighted by Gasteiger charge is -2.31. The summed E-state index contributed by atoms with van der Waals surface area (Å²) in [4.78, 5) is 25.6. The van der Waals surface area contributed by atoms with Gasteiger partial charge in [0.1, 0.15) is 0 Å². The zero-order chi connectivity index (χ0) is 15.1. The first-order valence-corrected chi connectivity index (χ1v) is 7.16. The molecule has 3 N–H and O–H groups in total. The standard InChI is InChI=1S/C15H21N3O3/c19-11-12-5-4-8-18(9-12)10-14(20)16-17-15(21)13-6-2-1-3-7-13/h1-3,6-7,12,19H,4-5,8-11H2,(H,16,20)(H,17,21). The Labute approximate surface area is 124 Å². The summed E-state index contributed by atoms with van der Waals surface area (Å²) in [7, 11) is 0. The molecule has 1 aliphatic heterocycles. The van der Waals surface area contributed by atoms with Crippen molar-refractivity contribution in [3.8, 4) is 0 Å². The normalized spacial score (nSPS) is 19.0. The molecule has 21 heavy (non-hydrogen) atoms. The highest BCUT2D eigenvalue weighted by molar-refractivity contribution is 5.95. The van der Waals surface area contributed by atoms with E-state index in [1.807, 2.05) is 11.0 Å². The van der Waals surface area contributed by atoms with Gasteiger partial charge in [-0.25, -0.2) is 0 Å². The van der Waals surface area contributed by atoms with Gasteiger partial charge in [-0.3, -0.25) is 25.3 Å². The Balaban J connectivity index is 1.73. The van der Waals surface area contributed by atoms with Gasteiger partial charge in [-0.1, -0.05) is 18.2 Å². The number of benzene rings is 1. The van der Waals surface area contributed by atoms with Gasteiger partial charge in [-0.05, 0) is 37.4 Å². The Morgan fingerprint density at radius 3 is 2.71 bits per heavy atom. The Kier molecular flexibility index (Phi) is 5.71. The van der Waals surface area contributed by atoms with Crippen LogP contribution >= 0.6 is 0 Å². The summed E-state index contributed by atoms with van der Waals surface area (Å²) in [5.74, 6) is -0.348. The Hall–Kier alpha value is -1.92. The molecule has 2 rings (SSSR count). The van der Waals surface area contributed by atoms with E-state index in [0.717, 1.165) is 25.9 Å². The topological polar surface area (TPSA) is 81.7 Å². The molecule has 6 nitrogen and oxygen atoms in total.